The third kappa shape index (κ3) is 20.4. The van der Waals surface area contributed by atoms with Crippen molar-refractivity contribution >= 4 is 11.9 Å². The Morgan fingerprint density at radius 3 is 2.23 bits per heavy atom. The lowest BCUT2D eigenvalue weighted by Gasteiger charge is -1.99. The van der Waals surface area contributed by atoms with Gasteiger partial charge in [0.15, 0.2) is 0 Å². The van der Waals surface area contributed by atoms with Crippen molar-refractivity contribution in [2.75, 3.05) is 7.11 Å². The van der Waals surface area contributed by atoms with Crippen molar-refractivity contribution in [2.24, 2.45) is 5.92 Å². The zero-order valence-corrected chi connectivity index (χ0v) is 14.2. The quantitative estimate of drug-likeness (QED) is 0.352. The van der Waals surface area contributed by atoms with Gasteiger partial charge in [-0.1, -0.05) is 58.3 Å². The van der Waals surface area contributed by atoms with Crippen LogP contribution in [0.5, 0.6) is 0 Å². The van der Waals surface area contributed by atoms with Crippen molar-refractivity contribution in [1.29, 1.82) is 0 Å². The van der Waals surface area contributed by atoms with E-state index < -0.39 is 11.9 Å². The van der Waals surface area contributed by atoms with Crippen LogP contribution in [0, 0.1) is 29.6 Å². The highest BCUT2D eigenvalue weighted by molar-refractivity contribution is 5.88. The lowest BCUT2D eigenvalue weighted by Crippen LogP contribution is -1.93. The van der Waals surface area contributed by atoms with E-state index >= 15 is 0 Å². The molecule has 0 radical (unpaired) electrons. The summed E-state index contributed by atoms with van der Waals surface area (Å²) in [5.41, 5.74) is 0. The van der Waals surface area contributed by atoms with Crippen LogP contribution in [0.1, 0.15) is 65.7 Å². The number of esters is 1. The smallest absolute Gasteiger partial charge is 0.384 e. The van der Waals surface area contributed by atoms with E-state index in [0.29, 0.717) is 0 Å². The Morgan fingerprint density at radius 2 is 1.73 bits per heavy atom. The summed E-state index contributed by atoms with van der Waals surface area (Å²) in [6.45, 7) is 6.19. The molecule has 0 aromatic rings. The van der Waals surface area contributed by atoms with Crippen LogP contribution in [0.25, 0.3) is 0 Å². The number of unbranched alkanes of at least 4 members (excludes halogenated alkanes) is 4. The van der Waals surface area contributed by atoms with Gasteiger partial charge in [0.05, 0.1) is 7.11 Å². The van der Waals surface area contributed by atoms with Gasteiger partial charge in [0.2, 0.25) is 0 Å². The first-order valence-corrected chi connectivity index (χ1v) is 7.79. The molecule has 0 saturated heterocycles. The maximum absolute atomic E-state index is 10.4. The predicted molar refractivity (Wildman–Crippen MR) is 88.0 cm³/mol. The summed E-state index contributed by atoms with van der Waals surface area (Å²) >= 11 is 0. The van der Waals surface area contributed by atoms with Gasteiger partial charge in [-0.2, -0.15) is 0 Å². The van der Waals surface area contributed by atoms with Gasteiger partial charge in [-0.05, 0) is 12.8 Å². The van der Waals surface area contributed by atoms with E-state index in [1.165, 1.54) is 20.0 Å². The molecular weight excluding hydrogens is 280 g/mol. The van der Waals surface area contributed by atoms with Gasteiger partial charge in [0.25, 0.3) is 0 Å². The van der Waals surface area contributed by atoms with Crippen molar-refractivity contribution in [2.45, 2.75) is 65.7 Å². The van der Waals surface area contributed by atoms with Gasteiger partial charge in [0, 0.05) is 24.2 Å². The van der Waals surface area contributed by atoms with Gasteiger partial charge >= 0.3 is 11.9 Å². The minimum atomic E-state index is -1.03. The highest BCUT2D eigenvalue weighted by Gasteiger charge is 1.95. The zero-order valence-electron chi connectivity index (χ0n) is 14.2. The van der Waals surface area contributed by atoms with E-state index in [2.05, 4.69) is 42.3 Å². The van der Waals surface area contributed by atoms with Crippen LogP contribution in [0.15, 0.2) is 0 Å². The minimum absolute atomic E-state index is 0.214. The molecule has 124 valence electrons. The summed E-state index contributed by atoms with van der Waals surface area (Å²) < 4.78 is 4.34. The molecule has 0 aliphatic heterocycles. The Morgan fingerprint density at radius 1 is 1.09 bits per heavy atom. The Balaban J connectivity index is 0. The topological polar surface area (TPSA) is 63.6 Å². The van der Waals surface area contributed by atoms with E-state index in [0.717, 1.165) is 32.1 Å². The molecular formula is C18H28O4. The highest BCUT2D eigenvalue weighted by atomic mass is 16.5. The van der Waals surface area contributed by atoms with Crippen LogP contribution in [-0.4, -0.2) is 24.2 Å². The molecule has 0 heterocycles. The normalized spacial score (nSPS) is 9.82. The fourth-order valence-corrected chi connectivity index (χ4v) is 1.42. The molecule has 0 spiro atoms. The Kier molecular flexibility index (Phi) is 17.4. The molecule has 0 fully saturated rings. The van der Waals surface area contributed by atoms with Crippen LogP contribution >= 0.6 is 0 Å². The molecule has 0 amide bonds. The predicted octanol–water partition coefficient (Wildman–Crippen LogP) is 3.64. The van der Waals surface area contributed by atoms with Gasteiger partial charge in [-0.3, -0.25) is 0 Å². The van der Waals surface area contributed by atoms with Gasteiger partial charge in [0.1, 0.15) is 0 Å². The number of hydrogen-bond acceptors (Lipinski definition) is 3. The molecule has 0 aromatic heterocycles. The second-order valence-corrected chi connectivity index (χ2v) is 4.87. The monoisotopic (exact) mass is 308 g/mol. The van der Waals surface area contributed by atoms with Gasteiger partial charge in [-0.15, -0.1) is 0 Å². The molecule has 0 aliphatic rings. The molecule has 1 unspecified atom stereocenters. The number of aliphatic carboxylic acids is 1. The average molecular weight is 308 g/mol. The number of carbonyl (C=O) groups excluding carboxylic acids is 1. The lowest BCUT2D eigenvalue weighted by atomic mass is 10.1. The SMILES string of the molecule is CCCCC(C)C#CC(=O)O.CCCCCC#CC(=O)OC. The number of hydrogen-bond donors (Lipinski definition) is 1. The third-order valence-corrected chi connectivity index (χ3v) is 2.70. The second kappa shape index (κ2) is 17.1. The molecule has 1 atom stereocenters. The number of carbonyl (C=O) groups is 2. The Bertz CT molecular complexity index is 418. The molecule has 0 bridgehead atoms. The largest absolute Gasteiger partial charge is 0.472 e. The van der Waals surface area contributed by atoms with Crippen molar-refractivity contribution in [3.63, 3.8) is 0 Å². The van der Waals surface area contributed by atoms with Crippen LogP contribution in [0.4, 0.5) is 0 Å². The fraction of sp³-hybridized carbons (Fsp3) is 0.667. The maximum atomic E-state index is 10.4. The molecule has 4 nitrogen and oxygen atoms in total. The first-order chi connectivity index (χ1) is 10.5. The summed E-state index contributed by atoms with van der Waals surface area (Å²) in [5, 5.41) is 8.21. The lowest BCUT2D eigenvalue weighted by molar-refractivity contribution is -0.134. The summed E-state index contributed by atoms with van der Waals surface area (Å²) in [6.07, 6.45) is 7.48. The van der Waals surface area contributed by atoms with Crippen molar-refractivity contribution in [1.82, 2.24) is 0 Å². The van der Waals surface area contributed by atoms with Crippen molar-refractivity contribution in [3.8, 4) is 23.7 Å². The number of ether oxygens (including phenoxy) is 1. The van der Waals surface area contributed by atoms with Crippen molar-refractivity contribution < 1.29 is 19.4 Å². The second-order valence-electron chi connectivity index (χ2n) is 4.87. The van der Waals surface area contributed by atoms with Crippen LogP contribution in [-0.2, 0) is 14.3 Å². The molecule has 0 rings (SSSR count). The Labute approximate surface area is 134 Å². The Hall–Kier alpha value is -1.94. The van der Waals surface area contributed by atoms with E-state index in [1.54, 1.807) is 0 Å². The van der Waals surface area contributed by atoms with Crippen LogP contribution in [0.2, 0.25) is 0 Å². The molecule has 4 heteroatoms. The number of carboxylic acid groups (broad SMARTS) is 1. The maximum Gasteiger partial charge on any atom is 0.384 e. The van der Waals surface area contributed by atoms with Crippen LogP contribution < -0.4 is 0 Å². The summed E-state index contributed by atoms with van der Waals surface area (Å²) in [7, 11) is 1.34. The number of carboxylic acids is 1. The molecule has 22 heavy (non-hydrogen) atoms. The molecule has 0 aromatic carbocycles. The zero-order chi connectivity index (χ0) is 17.2. The van der Waals surface area contributed by atoms with E-state index in [1.807, 2.05) is 6.92 Å². The standard InChI is InChI=1S/2C9H14O2/c1-3-4-5-8(2)6-7-9(10)11;1-3-4-5-6-7-8-9(10)11-2/h8H,3-5H2,1-2H3,(H,10,11);3-6H2,1-2H3. The van der Waals surface area contributed by atoms with Crippen LogP contribution in [0.3, 0.4) is 0 Å². The summed E-state index contributed by atoms with van der Waals surface area (Å²) in [4.78, 5) is 20.5. The number of methoxy groups -OCH3 is 1. The fourth-order valence-electron chi connectivity index (χ4n) is 1.42. The highest BCUT2D eigenvalue weighted by Crippen LogP contribution is 2.05. The van der Waals surface area contributed by atoms with Crippen molar-refractivity contribution in [3.05, 3.63) is 0 Å². The third-order valence-electron chi connectivity index (χ3n) is 2.70. The molecule has 1 N–H and O–H groups in total. The first kappa shape index (κ1) is 22.3. The summed E-state index contributed by atoms with van der Waals surface area (Å²) in [6, 6.07) is 0. The van der Waals surface area contributed by atoms with E-state index in [4.69, 9.17) is 5.11 Å². The van der Waals surface area contributed by atoms with Gasteiger partial charge in [-0.25, -0.2) is 9.59 Å². The summed E-state index contributed by atoms with van der Waals surface area (Å²) in [5.74, 6) is 8.65. The first-order valence-electron chi connectivity index (χ1n) is 7.79. The average Bonchev–Trinajstić information content (AvgIpc) is 2.51. The molecule has 0 aliphatic carbocycles. The number of rotatable bonds is 6. The van der Waals surface area contributed by atoms with E-state index in [9.17, 15) is 9.59 Å². The van der Waals surface area contributed by atoms with E-state index in [-0.39, 0.29) is 5.92 Å². The minimum Gasteiger partial charge on any atom is -0.472 e. The molecule has 0 saturated carbocycles. The van der Waals surface area contributed by atoms with Gasteiger partial charge < -0.3 is 9.84 Å².